The monoisotopic (exact) mass is 222 g/mol. The summed E-state index contributed by atoms with van der Waals surface area (Å²) in [5, 5.41) is 9.56. The summed E-state index contributed by atoms with van der Waals surface area (Å²) in [7, 11) is -3.93. The molecule has 0 aromatic heterocycles. The molecule has 0 aromatic rings. The minimum atomic E-state index is -3.93. The molecule has 0 N–H and O–H groups in total. The Morgan fingerprint density at radius 3 is 2.18 bits per heavy atom. The van der Waals surface area contributed by atoms with Gasteiger partial charge in [-0.15, -0.1) is 0 Å². The zero-order chi connectivity index (χ0) is 7.78. The van der Waals surface area contributed by atoms with Crippen LogP contribution in [0.15, 0.2) is 0 Å². The normalized spacial score (nSPS) is 19.5. The van der Waals surface area contributed by atoms with Gasteiger partial charge in [0.2, 0.25) is 6.16 Å². The molecule has 1 aliphatic heterocycles. The van der Waals surface area contributed by atoms with Crippen molar-refractivity contribution in [3.8, 4) is 0 Å². The number of hydrogen-bond acceptors (Lipinski definition) is 7. The van der Waals surface area contributed by atoms with Gasteiger partial charge in [0.25, 0.3) is 0 Å². The fourth-order valence-electron chi connectivity index (χ4n) is 0.318. The van der Waals surface area contributed by atoms with Crippen LogP contribution in [0.25, 0.3) is 0 Å². The quantitative estimate of drug-likeness (QED) is 0.408. The summed E-state index contributed by atoms with van der Waals surface area (Å²) in [6.07, 6.45) is -1.86. The maximum atomic E-state index is 9.98. The van der Waals surface area contributed by atoms with E-state index in [4.69, 9.17) is 0 Å². The predicted octanol–water partition coefficient (Wildman–Crippen LogP) is -5.37. The minimum absolute atomic E-state index is 0. The Morgan fingerprint density at radius 1 is 1.45 bits per heavy atom. The van der Waals surface area contributed by atoms with E-state index in [1.54, 1.807) is 0 Å². The Bertz CT molecular complexity index is 233. The van der Waals surface area contributed by atoms with E-state index < -0.39 is 31.7 Å². The van der Waals surface area contributed by atoms with Gasteiger partial charge in [-0.2, -0.15) is 8.42 Å². The van der Waals surface area contributed by atoms with E-state index in [2.05, 4.69) is 10.3 Å². The largest absolute Gasteiger partial charge is 1.00 e. The summed E-state index contributed by atoms with van der Waals surface area (Å²) < 4.78 is 31.5. The average Bonchev–Trinajstić information content (AvgIpc) is 1.57. The molecule has 1 aliphatic rings. The molecule has 7 nitrogen and oxygen atoms in total. The van der Waals surface area contributed by atoms with Crippen LogP contribution in [-0.4, -0.2) is 29.7 Å². The molecule has 11 heavy (non-hydrogen) atoms. The topological polar surface area (TPSA) is 102 Å². The summed E-state index contributed by atoms with van der Waals surface area (Å²) in [5.74, 6) is 0. The second kappa shape index (κ2) is 4.52. The molecule has 0 atom stereocenters. The molecular weight excluding hydrogens is 222 g/mol. The summed E-state index contributed by atoms with van der Waals surface area (Å²) in [6, 6.07) is 0. The molecule has 56 valence electrons. The maximum absolute atomic E-state index is 9.98. The van der Waals surface area contributed by atoms with Gasteiger partial charge in [-0.1, -0.05) is 0 Å². The minimum Gasteiger partial charge on any atom is -0.612 e. The van der Waals surface area contributed by atoms with E-state index in [0.29, 0.717) is 0 Å². The second-order valence-corrected chi connectivity index (χ2v) is 4.43. The van der Waals surface area contributed by atoms with Gasteiger partial charge in [-0.25, -0.2) is 0 Å². The van der Waals surface area contributed by atoms with Gasteiger partial charge >= 0.3 is 76.9 Å². The van der Waals surface area contributed by atoms with Gasteiger partial charge in [-0.05, 0) is 0 Å². The van der Waals surface area contributed by atoms with Gasteiger partial charge in [0.15, 0.2) is 0 Å². The van der Waals surface area contributed by atoms with E-state index in [9.17, 15) is 18.3 Å². The zero-order valence-corrected chi connectivity index (χ0v) is 10.4. The number of hydrogen-bond donors (Lipinski definition) is 0. The molecule has 0 saturated carbocycles. The number of carbonyl (C=O) groups excluding carboxylic acids is 1. The fourth-order valence-corrected chi connectivity index (χ4v) is 2.39. The molecule has 0 aliphatic carbocycles. The van der Waals surface area contributed by atoms with Gasteiger partial charge < -0.3 is 20.2 Å². The molecule has 1 saturated heterocycles. The Labute approximate surface area is 110 Å². The van der Waals surface area contributed by atoms with Gasteiger partial charge in [-0.3, -0.25) is 0 Å². The van der Waals surface area contributed by atoms with Crippen molar-refractivity contribution in [1.29, 1.82) is 0 Å². The van der Waals surface area contributed by atoms with E-state index in [1.165, 1.54) is 0 Å². The molecule has 0 aromatic carbocycles. The van der Waals surface area contributed by atoms with Crippen molar-refractivity contribution in [1.82, 2.24) is 0 Å². The molecular formula is CAlKO7S. The molecule has 10 heteroatoms. The van der Waals surface area contributed by atoms with Crippen molar-refractivity contribution in [3.05, 3.63) is 0 Å². The van der Waals surface area contributed by atoms with Crippen molar-refractivity contribution in [3.63, 3.8) is 0 Å². The molecule has 1 rings (SSSR count). The number of carbonyl (C=O) groups is 1. The Balaban J connectivity index is 0.000001000. The first-order chi connectivity index (χ1) is 4.49. The van der Waals surface area contributed by atoms with E-state index in [1.807, 2.05) is 0 Å². The van der Waals surface area contributed by atoms with Crippen LogP contribution in [0.5, 0.6) is 0 Å². The van der Waals surface area contributed by atoms with Gasteiger partial charge in [0.1, 0.15) is 0 Å². The molecule has 1 heterocycles. The number of carboxylic acid groups (broad SMARTS) is 1. The SMILES string of the molecule is O=C([O-])[O][Al]1[O]S(=O)(=O)[O]1.[K+]. The first-order valence-electron chi connectivity index (χ1n) is 1.99. The van der Waals surface area contributed by atoms with Crippen LogP contribution in [0.4, 0.5) is 4.79 Å². The summed E-state index contributed by atoms with van der Waals surface area (Å²) in [5.41, 5.74) is 0. The van der Waals surface area contributed by atoms with Crippen LogP contribution in [0.2, 0.25) is 0 Å². The van der Waals surface area contributed by atoms with Crippen LogP contribution in [0.3, 0.4) is 0 Å². The smallest absolute Gasteiger partial charge is 0.612 e. The summed E-state index contributed by atoms with van der Waals surface area (Å²) >= 11 is -2.93. The first-order valence-corrected chi connectivity index (χ1v) is 4.73. The van der Waals surface area contributed by atoms with Gasteiger partial charge in [0, 0.05) is 0 Å². The Hall–Kier alpha value is 1.31. The molecule has 0 unspecified atom stereocenters. The second-order valence-electron chi connectivity index (χ2n) is 1.26. The van der Waals surface area contributed by atoms with Crippen LogP contribution < -0.4 is 56.5 Å². The third kappa shape index (κ3) is 4.18. The molecule has 0 radical (unpaired) electrons. The maximum Gasteiger partial charge on any atom is 1.00 e. The number of rotatable bonds is 1. The van der Waals surface area contributed by atoms with Crippen molar-refractivity contribution in [2.45, 2.75) is 0 Å². The zero-order valence-electron chi connectivity index (χ0n) is 5.34. The third-order valence-electron chi connectivity index (χ3n) is 0.585. The van der Waals surface area contributed by atoms with Crippen LogP contribution in [0.1, 0.15) is 0 Å². The van der Waals surface area contributed by atoms with Crippen LogP contribution in [0, 0.1) is 0 Å². The Kier molecular flexibility index (Phi) is 5.06. The predicted molar refractivity (Wildman–Crippen MR) is 23.3 cm³/mol. The van der Waals surface area contributed by atoms with Crippen LogP contribution in [-0.2, 0) is 20.7 Å². The Morgan fingerprint density at radius 2 is 1.91 bits per heavy atom. The third-order valence-corrected chi connectivity index (χ3v) is 4.11. The summed E-state index contributed by atoms with van der Waals surface area (Å²) in [4.78, 5) is 9.56. The molecule has 0 spiro atoms. The average molecular weight is 222 g/mol. The van der Waals surface area contributed by atoms with Crippen molar-refractivity contribution >= 4 is 31.7 Å². The molecule has 0 amide bonds. The fraction of sp³-hybridized carbons (Fsp3) is 0. The molecule has 0 bridgehead atoms. The first kappa shape index (κ1) is 12.3. The van der Waals surface area contributed by atoms with E-state index in [0.717, 1.165) is 0 Å². The van der Waals surface area contributed by atoms with Crippen LogP contribution >= 0.6 is 0 Å². The van der Waals surface area contributed by atoms with Gasteiger partial charge in [0.05, 0.1) is 0 Å². The van der Waals surface area contributed by atoms with E-state index in [-0.39, 0.29) is 51.4 Å². The van der Waals surface area contributed by atoms with Crippen molar-refractivity contribution in [2.24, 2.45) is 0 Å². The van der Waals surface area contributed by atoms with E-state index >= 15 is 0 Å². The summed E-state index contributed by atoms with van der Waals surface area (Å²) in [6.45, 7) is 0. The van der Waals surface area contributed by atoms with Crippen molar-refractivity contribution < 1.29 is 80.0 Å². The standard InChI is InChI=1S/CH2O3.Al.K.H2O4S/c2-1(3)4;;;1-5(2,3)4/h(H2,2,3,4);;;(H2,1,2,3,4)/q;+3;+1;/p-4. The molecule has 1 fully saturated rings. The van der Waals surface area contributed by atoms with Crippen molar-refractivity contribution in [2.75, 3.05) is 0 Å².